The molecular formula is C18H18N4O3. The van der Waals surface area contributed by atoms with Crippen molar-refractivity contribution in [1.82, 2.24) is 14.5 Å². The summed E-state index contributed by atoms with van der Waals surface area (Å²) in [6, 6.07) is 10.6. The summed E-state index contributed by atoms with van der Waals surface area (Å²) in [5, 5.41) is 2.71. The maximum absolute atomic E-state index is 12.3. The molecule has 2 N–H and O–H groups in total. The molecule has 0 saturated heterocycles. The molecule has 0 radical (unpaired) electrons. The van der Waals surface area contributed by atoms with Crippen LogP contribution in [-0.4, -0.2) is 27.6 Å². The van der Waals surface area contributed by atoms with E-state index in [9.17, 15) is 9.59 Å². The molecule has 7 heteroatoms. The minimum Gasteiger partial charge on any atom is -0.497 e. The first-order valence-corrected chi connectivity index (χ1v) is 7.66. The van der Waals surface area contributed by atoms with Crippen molar-refractivity contribution < 1.29 is 9.53 Å². The fourth-order valence-corrected chi connectivity index (χ4v) is 2.53. The monoisotopic (exact) mass is 338 g/mol. The van der Waals surface area contributed by atoms with Gasteiger partial charge >= 0.3 is 0 Å². The summed E-state index contributed by atoms with van der Waals surface area (Å²) in [5.41, 5.74) is 2.38. The number of nitrogens with zero attached hydrogens (tertiary/aromatic N) is 2. The van der Waals surface area contributed by atoms with Crippen LogP contribution in [0.4, 0.5) is 5.95 Å². The topological polar surface area (TPSA) is 89.0 Å². The zero-order chi connectivity index (χ0) is 18.0. The van der Waals surface area contributed by atoms with Crippen LogP contribution in [0.3, 0.4) is 0 Å². The van der Waals surface area contributed by atoms with Gasteiger partial charge in [-0.15, -0.1) is 0 Å². The molecule has 2 aromatic heterocycles. The van der Waals surface area contributed by atoms with E-state index in [-0.39, 0.29) is 11.3 Å². The smallest absolute Gasteiger partial charge is 0.274 e. The maximum atomic E-state index is 12.3. The Balaban J connectivity index is 1.85. The number of methoxy groups -OCH3 is 1. The fourth-order valence-electron chi connectivity index (χ4n) is 2.53. The van der Waals surface area contributed by atoms with Crippen LogP contribution >= 0.6 is 0 Å². The second-order valence-corrected chi connectivity index (χ2v) is 5.64. The third-order valence-electron chi connectivity index (χ3n) is 3.83. The first-order valence-electron chi connectivity index (χ1n) is 7.66. The second kappa shape index (κ2) is 6.64. The molecule has 0 saturated carbocycles. The number of aromatic amines is 1. The molecule has 0 aliphatic heterocycles. The van der Waals surface area contributed by atoms with Crippen LogP contribution in [0, 0.1) is 6.92 Å². The molecule has 0 atom stereocenters. The Morgan fingerprint density at radius 3 is 2.60 bits per heavy atom. The average molecular weight is 338 g/mol. The molecule has 3 rings (SSSR count). The molecule has 0 unspecified atom stereocenters. The highest BCUT2D eigenvalue weighted by molar-refractivity contribution is 6.02. The van der Waals surface area contributed by atoms with Gasteiger partial charge in [0.2, 0.25) is 11.5 Å². The second-order valence-electron chi connectivity index (χ2n) is 5.64. The van der Waals surface area contributed by atoms with Crippen LogP contribution in [-0.2, 0) is 7.05 Å². The van der Waals surface area contributed by atoms with Gasteiger partial charge in [0.15, 0.2) is 0 Å². The van der Waals surface area contributed by atoms with E-state index >= 15 is 0 Å². The van der Waals surface area contributed by atoms with Crippen LogP contribution in [0.1, 0.15) is 16.1 Å². The van der Waals surface area contributed by atoms with Crippen molar-refractivity contribution in [2.45, 2.75) is 6.92 Å². The zero-order valence-electron chi connectivity index (χ0n) is 14.2. The molecule has 128 valence electrons. The third-order valence-corrected chi connectivity index (χ3v) is 3.83. The highest BCUT2D eigenvalue weighted by Crippen LogP contribution is 2.24. The number of aryl methyl sites for hydroxylation is 1. The number of imidazole rings is 1. The van der Waals surface area contributed by atoms with E-state index in [2.05, 4.69) is 15.3 Å². The molecule has 1 amide bonds. The van der Waals surface area contributed by atoms with E-state index in [4.69, 9.17) is 4.74 Å². The first-order chi connectivity index (χ1) is 12.0. The summed E-state index contributed by atoms with van der Waals surface area (Å²) < 4.78 is 6.92. The van der Waals surface area contributed by atoms with E-state index in [1.54, 1.807) is 37.9 Å². The number of amides is 1. The number of hydrogen-bond donors (Lipinski definition) is 2. The molecule has 1 aromatic carbocycles. The number of H-pyrrole nitrogens is 1. The number of carbonyl (C=O) groups is 1. The van der Waals surface area contributed by atoms with Gasteiger partial charge in [0.1, 0.15) is 11.4 Å². The van der Waals surface area contributed by atoms with Crippen molar-refractivity contribution in [2.24, 2.45) is 7.05 Å². The highest BCUT2D eigenvalue weighted by Gasteiger charge is 2.13. The minimum atomic E-state index is -0.421. The Kier molecular flexibility index (Phi) is 4.38. The van der Waals surface area contributed by atoms with Gasteiger partial charge in [-0.1, -0.05) is 0 Å². The number of hydrogen-bond acceptors (Lipinski definition) is 4. The molecule has 0 fully saturated rings. The molecule has 0 bridgehead atoms. The summed E-state index contributed by atoms with van der Waals surface area (Å²) in [6.45, 7) is 1.76. The molecule has 25 heavy (non-hydrogen) atoms. The number of pyridine rings is 1. The van der Waals surface area contributed by atoms with Crippen LogP contribution in [0.5, 0.6) is 5.75 Å². The zero-order valence-corrected chi connectivity index (χ0v) is 14.2. The quantitative estimate of drug-likeness (QED) is 0.764. The van der Waals surface area contributed by atoms with Gasteiger partial charge in [-0.25, -0.2) is 4.98 Å². The molecule has 7 nitrogen and oxygen atoms in total. The Morgan fingerprint density at radius 1 is 1.24 bits per heavy atom. The SMILES string of the molecule is COc1ccc(-c2cnc(NC(=O)c3cc(C)cc(=O)[nH]3)n2C)cc1. The summed E-state index contributed by atoms with van der Waals surface area (Å²) >= 11 is 0. The first kappa shape index (κ1) is 16.5. The van der Waals surface area contributed by atoms with Crippen molar-refractivity contribution in [1.29, 1.82) is 0 Å². The fraction of sp³-hybridized carbons (Fsp3) is 0.167. The van der Waals surface area contributed by atoms with Gasteiger partial charge in [0.05, 0.1) is 19.0 Å². The summed E-state index contributed by atoms with van der Waals surface area (Å²) in [7, 11) is 3.42. The summed E-state index contributed by atoms with van der Waals surface area (Å²) in [5.74, 6) is 0.733. The standard InChI is InChI=1S/C18H18N4O3/c1-11-8-14(20-16(23)9-11)17(24)21-18-19-10-15(22(18)2)12-4-6-13(25-3)7-5-12/h4-10H,1-3H3,(H,20,23)(H,19,21,24). The lowest BCUT2D eigenvalue weighted by atomic mass is 10.1. The largest absolute Gasteiger partial charge is 0.497 e. The van der Waals surface area contributed by atoms with Crippen LogP contribution in [0.2, 0.25) is 0 Å². The molecule has 3 aromatic rings. The summed E-state index contributed by atoms with van der Waals surface area (Å²) in [6.07, 6.45) is 1.68. The molecular weight excluding hydrogens is 320 g/mol. The number of nitrogens with one attached hydrogen (secondary N) is 2. The molecule has 0 spiro atoms. The van der Waals surface area contributed by atoms with Gasteiger partial charge in [-0.3, -0.25) is 14.9 Å². The van der Waals surface area contributed by atoms with Gasteiger partial charge in [0.25, 0.3) is 5.91 Å². The summed E-state index contributed by atoms with van der Waals surface area (Å²) in [4.78, 5) is 30.6. The van der Waals surface area contributed by atoms with Crippen molar-refractivity contribution in [3.05, 3.63) is 64.2 Å². The average Bonchev–Trinajstić information content (AvgIpc) is 2.95. The Hall–Kier alpha value is -3.35. The lowest BCUT2D eigenvalue weighted by Crippen LogP contribution is -2.20. The van der Waals surface area contributed by atoms with Crippen molar-refractivity contribution in [2.75, 3.05) is 12.4 Å². The lowest BCUT2D eigenvalue weighted by Gasteiger charge is -2.08. The predicted molar refractivity (Wildman–Crippen MR) is 94.9 cm³/mol. The van der Waals surface area contributed by atoms with Gasteiger partial charge in [0, 0.05) is 18.7 Å². The number of ether oxygens (including phenoxy) is 1. The van der Waals surface area contributed by atoms with E-state index in [1.165, 1.54) is 6.07 Å². The number of rotatable bonds is 4. The Labute approximate surface area is 144 Å². The predicted octanol–water partition coefficient (Wildman–Crippen LogP) is 2.34. The Bertz CT molecular complexity index is 971. The van der Waals surface area contributed by atoms with Crippen molar-refractivity contribution in [3.8, 4) is 17.0 Å². The number of benzene rings is 1. The van der Waals surface area contributed by atoms with E-state index in [1.807, 2.05) is 24.3 Å². The van der Waals surface area contributed by atoms with Gasteiger partial charge in [-0.2, -0.15) is 0 Å². The molecule has 2 heterocycles. The van der Waals surface area contributed by atoms with Crippen LogP contribution in [0.25, 0.3) is 11.3 Å². The minimum absolute atomic E-state index is 0.194. The third kappa shape index (κ3) is 3.45. The lowest BCUT2D eigenvalue weighted by molar-refractivity contribution is 0.102. The van der Waals surface area contributed by atoms with Crippen molar-refractivity contribution in [3.63, 3.8) is 0 Å². The number of aromatic nitrogens is 3. The van der Waals surface area contributed by atoms with E-state index in [0.29, 0.717) is 11.5 Å². The van der Waals surface area contributed by atoms with E-state index in [0.717, 1.165) is 17.0 Å². The molecule has 0 aliphatic rings. The van der Waals surface area contributed by atoms with Crippen LogP contribution < -0.4 is 15.6 Å². The number of anilines is 1. The van der Waals surface area contributed by atoms with Gasteiger partial charge in [-0.05, 0) is 42.8 Å². The normalized spacial score (nSPS) is 10.5. The number of carbonyl (C=O) groups excluding carboxylic acids is 1. The maximum Gasteiger partial charge on any atom is 0.274 e. The van der Waals surface area contributed by atoms with Crippen molar-refractivity contribution >= 4 is 11.9 Å². The van der Waals surface area contributed by atoms with Crippen LogP contribution in [0.15, 0.2) is 47.4 Å². The van der Waals surface area contributed by atoms with E-state index < -0.39 is 5.91 Å². The molecule has 0 aliphatic carbocycles. The van der Waals surface area contributed by atoms with Gasteiger partial charge < -0.3 is 14.3 Å². The highest BCUT2D eigenvalue weighted by atomic mass is 16.5. The Morgan fingerprint density at radius 2 is 1.96 bits per heavy atom.